The average Bonchev–Trinajstić information content (AvgIpc) is 3.57. The van der Waals surface area contributed by atoms with E-state index in [0.717, 1.165) is 92.1 Å². The molecule has 0 radical (unpaired) electrons. The van der Waals surface area contributed by atoms with Gasteiger partial charge in [0.2, 0.25) is 5.91 Å². The summed E-state index contributed by atoms with van der Waals surface area (Å²) < 4.78 is 13.9. The van der Waals surface area contributed by atoms with E-state index in [-0.39, 0.29) is 29.0 Å². The Hall–Kier alpha value is -2.63. The molecule has 236 valence electrons. The van der Waals surface area contributed by atoms with E-state index in [0.29, 0.717) is 29.9 Å². The van der Waals surface area contributed by atoms with Crippen molar-refractivity contribution < 1.29 is 14.3 Å². The maximum absolute atomic E-state index is 12.1. The van der Waals surface area contributed by atoms with Gasteiger partial charge < -0.3 is 19.3 Å². The molecular weight excluding hydrogens is 601 g/mol. The second-order valence-corrected chi connectivity index (χ2v) is 14.2. The normalized spacial score (nSPS) is 25.8. The molecule has 44 heavy (non-hydrogen) atoms. The Morgan fingerprint density at radius 3 is 2.70 bits per heavy atom. The largest absolute Gasteiger partial charge is 0.376 e. The van der Waals surface area contributed by atoms with Crippen LogP contribution in [-0.4, -0.2) is 106 Å². The third-order valence-corrected chi connectivity index (χ3v) is 11.2. The molecule has 1 aliphatic carbocycles. The fourth-order valence-electron chi connectivity index (χ4n) is 7.95. The lowest BCUT2D eigenvalue weighted by atomic mass is 9.60. The minimum Gasteiger partial charge on any atom is -0.376 e. The van der Waals surface area contributed by atoms with Crippen molar-refractivity contribution in [1.29, 1.82) is 0 Å². The first-order valence-corrected chi connectivity index (χ1v) is 16.4. The van der Waals surface area contributed by atoms with E-state index >= 15 is 0 Å². The van der Waals surface area contributed by atoms with Crippen molar-refractivity contribution in [3.63, 3.8) is 0 Å². The lowest BCUT2D eigenvalue weighted by Crippen LogP contribution is -2.63. The van der Waals surface area contributed by atoms with E-state index in [4.69, 9.17) is 37.8 Å². The number of anilines is 1. The third-order valence-electron chi connectivity index (χ3n) is 10.5. The van der Waals surface area contributed by atoms with Gasteiger partial charge in [-0.2, -0.15) is 10.2 Å². The molecule has 4 fully saturated rings. The molecule has 4 aliphatic rings. The van der Waals surface area contributed by atoms with Gasteiger partial charge in [-0.25, -0.2) is 0 Å². The molecule has 1 amide bonds. The highest BCUT2D eigenvalue weighted by Gasteiger charge is 2.55. The number of aromatic nitrogens is 4. The minimum atomic E-state index is -0.172. The highest BCUT2D eigenvalue weighted by Crippen LogP contribution is 2.56. The van der Waals surface area contributed by atoms with Gasteiger partial charge in [-0.05, 0) is 45.3 Å². The van der Waals surface area contributed by atoms with Gasteiger partial charge in [0.05, 0.1) is 59.3 Å². The Labute approximate surface area is 268 Å². The number of carbonyl (C=O) groups is 1. The van der Waals surface area contributed by atoms with Gasteiger partial charge in [0, 0.05) is 66.9 Å². The minimum absolute atomic E-state index is 0.0132. The zero-order valence-electron chi connectivity index (χ0n) is 25.7. The summed E-state index contributed by atoms with van der Waals surface area (Å²) in [5.74, 6) is 0.952. The quantitative estimate of drug-likeness (QED) is 0.359. The first-order valence-electron chi connectivity index (χ1n) is 15.7. The fraction of sp³-hybridized carbons (Fsp3) is 0.594. The first-order chi connectivity index (χ1) is 21.1. The molecule has 3 aliphatic heterocycles. The molecule has 10 nitrogen and oxygen atoms in total. The van der Waals surface area contributed by atoms with Crippen molar-refractivity contribution in [3.8, 4) is 11.1 Å². The number of ether oxygens (including phenoxy) is 2. The molecule has 1 saturated carbocycles. The number of carbonyl (C=O) groups excluding carboxylic acids is 1. The van der Waals surface area contributed by atoms with Gasteiger partial charge in [-0.15, -0.1) is 0 Å². The number of nitrogens with one attached hydrogen (secondary N) is 1. The second-order valence-electron chi connectivity index (χ2n) is 13.4. The highest BCUT2D eigenvalue weighted by molar-refractivity contribution is 6.45. The number of amides is 1. The number of aromatic amines is 1. The van der Waals surface area contributed by atoms with Gasteiger partial charge in [-0.1, -0.05) is 36.7 Å². The van der Waals surface area contributed by atoms with Crippen LogP contribution in [0.25, 0.3) is 22.0 Å². The number of piperazine rings is 1. The van der Waals surface area contributed by atoms with Crippen molar-refractivity contribution in [3.05, 3.63) is 40.7 Å². The predicted octanol–water partition coefficient (Wildman–Crippen LogP) is 5.10. The Morgan fingerprint density at radius 2 is 2.00 bits per heavy atom. The zero-order valence-corrected chi connectivity index (χ0v) is 27.3. The van der Waals surface area contributed by atoms with Crippen molar-refractivity contribution in [1.82, 2.24) is 29.8 Å². The standard InChI is InChI=1S/C32H41Cl2N7O3/c1-5-26(42)39-18-32(19-39)12-21(13-32)41-20(3)27(28-23-14-35-36-25(23)11-24(33)29(28)34)30(37-41)40-8-7-38(17-31(40,4)6-2)15-22-16-43-9-10-44-22/h5,11,14,21-22H,1,6-10,12-13,15-19H2,2-4H3,(H,35,36)/t22-,31+/m1/s1. The highest BCUT2D eigenvalue weighted by atomic mass is 35.5. The molecule has 3 aromatic rings. The van der Waals surface area contributed by atoms with Crippen LogP contribution in [0.4, 0.5) is 5.82 Å². The Bertz CT molecular complexity index is 1580. The average molecular weight is 643 g/mol. The number of fused-ring (bicyclic) bond motifs is 1. The molecule has 2 aromatic heterocycles. The van der Waals surface area contributed by atoms with Gasteiger partial charge in [0.1, 0.15) is 0 Å². The summed E-state index contributed by atoms with van der Waals surface area (Å²) >= 11 is 13.8. The van der Waals surface area contributed by atoms with Crippen LogP contribution in [-0.2, 0) is 14.3 Å². The summed E-state index contributed by atoms with van der Waals surface area (Å²) in [7, 11) is 0. The molecule has 0 bridgehead atoms. The summed E-state index contributed by atoms with van der Waals surface area (Å²) in [6.45, 7) is 17.4. The molecule has 5 heterocycles. The summed E-state index contributed by atoms with van der Waals surface area (Å²) in [6.07, 6.45) is 6.26. The number of H-pyrrole nitrogens is 1. The van der Waals surface area contributed by atoms with E-state index < -0.39 is 0 Å². The SMILES string of the molecule is C=CC(=O)N1CC2(CC(n3nc(N4CCN(C[C@@H]5COCCO5)C[C@]4(C)CC)c(-c4c(Cl)c(Cl)cc5[nH]ncc45)c3C)C2)C1. The predicted molar refractivity (Wildman–Crippen MR) is 173 cm³/mol. The number of halogens is 2. The number of benzene rings is 1. The summed E-state index contributed by atoms with van der Waals surface area (Å²) in [5, 5.41) is 14.8. The van der Waals surface area contributed by atoms with Crippen LogP contribution in [0, 0.1) is 12.3 Å². The molecular formula is C32H41Cl2N7O3. The van der Waals surface area contributed by atoms with E-state index in [2.05, 4.69) is 52.0 Å². The maximum atomic E-state index is 12.1. The van der Waals surface area contributed by atoms with Gasteiger partial charge in [0.15, 0.2) is 5.82 Å². The van der Waals surface area contributed by atoms with Crippen LogP contribution < -0.4 is 4.90 Å². The topological polar surface area (TPSA) is 91.8 Å². The maximum Gasteiger partial charge on any atom is 0.245 e. The van der Waals surface area contributed by atoms with Crippen LogP contribution in [0.1, 0.15) is 44.8 Å². The molecule has 1 spiro atoms. The molecule has 3 saturated heterocycles. The van der Waals surface area contributed by atoms with E-state index in [9.17, 15) is 4.79 Å². The fourth-order valence-corrected chi connectivity index (χ4v) is 8.40. The summed E-state index contributed by atoms with van der Waals surface area (Å²) in [5.41, 5.74) is 3.79. The lowest BCUT2D eigenvalue weighted by molar-refractivity contribution is -0.149. The smallest absolute Gasteiger partial charge is 0.245 e. The van der Waals surface area contributed by atoms with Gasteiger partial charge >= 0.3 is 0 Å². The number of nitrogens with zero attached hydrogens (tertiary/aromatic N) is 6. The molecule has 1 N–H and O–H groups in total. The second kappa shape index (κ2) is 11.3. The van der Waals surface area contributed by atoms with Crippen LogP contribution in [0.15, 0.2) is 24.9 Å². The van der Waals surface area contributed by atoms with Crippen molar-refractivity contribution >= 4 is 45.8 Å². The number of rotatable bonds is 7. The molecule has 1 aromatic carbocycles. The van der Waals surface area contributed by atoms with Gasteiger partial charge in [-0.3, -0.25) is 19.5 Å². The first kappa shape index (κ1) is 30.0. The molecule has 0 unspecified atom stereocenters. The Balaban J connectivity index is 1.25. The van der Waals surface area contributed by atoms with Crippen molar-refractivity contribution in [2.45, 2.75) is 57.7 Å². The molecule has 2 atom stereocenters. The lowest BCUT2D eigenvalue weighted by Gasteiger charge is -2.58. The summed E-state index contributed by atoms with van der Waals surface area (Å²) in [6, 6.07) is 2.09. The van der Waals surface area contributed by atoms with Crippen molar-refractivity contribution in [2.24, 2.45) is 5.41 Å². The zero-order chi connectivity index (χ0) is 30.8. The van der Waals surface area contributed by atoms with E-state index in [1.807, 2.05) is 17.2 Å². The Morgan fingerprint density at radius 1 is 1.20 bits per heavy atom. The van der Waals surface area contributed by atoms with Crippen LogP contribution in [0.3, 0.4) is 0 Å². The molecule has 7 rings (SSSR count). The number of hydrogen-bond acceptors (Lipinski definition) is 7. The van der Waals surface area contributed by atoms with Crippen molar-refractivity contribution in [2.75, 3.05) is 64.0 Å². The van der Waals surface area contributed by atoms with E-state index in [1.54, 1.807) is 0 Å². The Kier molecular flexibility index (Phi) is 7.73. The van der Waals surface area contributed by atoms with Crippen LogP contribution in [0.2, 0.25) is 10.0 Å². The molecule has 12 heteroatoms. The number of hydrogen-bond donors (Lipinski definition) is 1. The van der Waals surface area contributed by atoms with Crippen LogP contribution >= 0.6 is 23.2 Å². The van der Waals surface area contributed by atoms with Crippen LogP contribution in [0.5, 0.6) is 0 Å². The number of likely N-dealkylation sites (tertiary alicyclic amines) is 1. The summed E-state index contributed by atoms with van der Waals surface area (Å²) in [4.78, 5) is 19.0. The third kappa shape index (κ3) is 4.94. The van der Waals surface area contributed by atoms with E-state index in [1.165, 1.54) is 6.08 Å². The monoisotopic (exact) mass is 641 g/mol. The van der Waals surface area contributed by atoms with Gasteiger partial charge in [0.25, 0.3) is 0 Å².